The summed E-state index contributed by atoms with van der Waals surface area (Å²) in [6.07, 6.45) is -17.1. The number of rotatable bonds is 5. The minimum Gasteiger partial charge on any atom is -0.294 e. The molecule has 25 heavy (non-hydrogen) atoms. The Balaban J connectivity index is 3.28. The third-order valence-electron chi connectivity index (χ3n) is 2.88. The van der Waals surface area contributed by atoms with Gasteiger partial charge < -0.3 is 0 Å². The van der Waals surface area contributed by atoms with Crippen molar-refractivity contribution in [2.45, 2.75) is 31.1 Å². The molecule has 140 valence electrons. The largest absolute Gasteiger partial charge is 0.416 e. The second-order valence-corrected chi connectivity index (χ2v) is 4.74. The van der Waals surface area contributed by atoms with Crippen LogP contribution in [0.15, 0.2) is 18.2 Å². The molecule has 0 spiro atoms. The van der Waals surface area contributed by atoms with Crippen LogP contribution >= 0.6 is 0 Å². The lowest BCUT2D eigenvalue weighted by atomic mass is 9.98. The second kappa shape index (κ2) is 6.64. The lowest BCUT2D eigenvalue weighted by Gasteiger charge is -2.15. The van der Waals surface area contributed by atoms with Gasteiger partial charge in [0.05, 0.1) is 17.5 Å². The van der Waals surface area contributed by atoms with E-state index in [1.165, 1.54) is 0 Å². The maximum atomic E-state index is 12.7. The van der Waals surface area contributed by atoms with Crippen LogP contribution in [0.4, 0.5) is 43.9 Å². The Morgan fingerprint density at radius 3 is 1.52 bits per heavy atom. The normalized spacial score (nSPS) is 13.2. The summed E-state index contributed by atoms with van der Waals surface area (Å²) in [5.74, 6) is -9.77. The smallest absolute Gasteiger partial charge is 0.294 e. The van der Waals surface area contributed by atoms with Gasteiger partial charge in [-0.1, -0.05) is 0 Å². The van der Waals surface area contributed by atoms with Crippen molar-refractivity contribution in [3.63, 3.8) is 0 Å². The van der Waals surface area contributed by atoms with E-state index in [-0.39, 0.29) is 18.2 Å². The number of ketones is 2. The molecule has 0 atom stereocenters. The van der Waals surface area contributed by atoms with Gasteiger partial charge in [0.15, 0.2) is 5.78 Å². The average molecular weight is 384 g/mol. The van der Waals surface area contributed by atoms with E-state index in [1.54, 1.807) is 0 Å². The third-order valence-corrected chi connectivity index (χ3v) is 2.88. The molecule has 0 aliphatic carbocycles. The van der Waals surface area contributed by atoms with E-state index in [4.69, 9.17) is 0 Å². The molecule has 12 heteroatoms. The summed E-state index contributed by atoms with van der Waals surface area (Å²) in [6.45, 7) is 0. The van der Waals surface area contributed by atoms with Crippen molar-refractivity contribution in [3.8, 4) is 0 Å². The number of alkyl halides is 10. The Labute approximate surface area is 132 Å². The highest BCUT2D eigenvalue weighted by Gasteiger charge is 2.49. The fourth-order valence-corrected chi connectivity index (χ4v) is 1.60. The van der Waals surface area contributed by atoms with E-state index in [0.29, 0.717) is 0 Å². The maximum Gasteiger partial charge on any atom is 0.416 e. The van der Waals surface area contributed by atoms with E-state index in [0.717, 1.165) is 0 Å². The van der Waals surface area contributed by atoms with Crippen molar-refractivity contribution in [1.29, 1.82) is 0 Å². The van der Waals surface area contributed by atoms with Crippen LogP contribution in [0.1, 0.15) is 27.9 Å². The molecule has 2 nitrogen and oxygen atoms in total. The Morgan fingerprint density at radius 1 is 0.800 bits per heavy atom. The van der Waals surface area contributed by atoms with Crippen molar-refractivity contribution < 1.29 is 53.5 Å². The molecule has 1 aromatic rings. The van der Waals surface area contributed by atoms with Crippen molar-refractivity contribution in [2.24, 2.45) is 0 Å². The molecule has 0 fully saturated rings. The summed E-state index contributed by atoms with van der Waals surface area (Å²) in [4.78, 5) is 22.5. The predicted molar refractivity (Wildman–Crippen MR) is 61.4 cm³/mol. The fourth-order valence-electron chi connectivity index (χ4n) is 1.60. The molecule has 0 N–H and O–H groups in total. The van der Waals surface area contributed by atoms with Crippen LogP contribution < -0.4 is 0 Å². The number of carbonyl (C=O) groups is 2. The van der Waals surface area contributed by atoms with Gasteiger partial charge in [0.25, 0.3) is 0 Å². The van der Waals surface area contributed by atoms with E-state index < -0.39 is 59.4 Å². The monoisotopic (exact) mass is 384 g/mol. The van der Waals surface area contributed by atoms with E-state index in [2.05, 4.69) is 0 Å². The number of hydrogen-bond donors (Lipinski definition) is 0. The van der Waals surface area contributed by atoms with Gasteiger partial charge in [-0.25, -0.2) is 8.78 Å². The first-order valence-corrected chi connectivity index (χ1v) is 6.08. The molecular weight excluding hydrogens is 378 g/mol. The first kappa shape index (κ1) is 20.9. The predicted octanol–water partition coefficient (Wildman–Crippen LogP) is 4.77. The van der Waals surface area contributed by atoms with Crippen LogP contribution in [-0.2, 0) is 17.1 Å². The van der Waals surface area contributed by atoms with Gasteiger partial charge in [-0.15, -0.1) is 0 Å². The highest BCUT2D eigenvalue weighted by Crippen LogP contribution is 2.36. The lowest BCUT2D eigenvalue weighted by Crippen LogP contribution is -2.37. The molecule has 0 aromatic heterocycles. The molecule has 0 saturated carbocycles. The quantitative estimate of drug-likeness (QED) is 0.417. The molecule has 1 rings (SSSR count). The van der Waals surface area contributed by atoms with Crippen molar-refractivity contribution in [2.75, 3.05) is 0 Å². The zero-order valence-electron chi connectivity index (χ0n) is 11.6. The molecular formula is C13H6F10O2. The zero-order chi connectivity index (χ0) is 19.8. The summed E-state index contributed by atoms with van der Waals surface area (Å²) in [5, 5.41) is 0. The van der Waals surface area contributed by atoms with Crippen molar-refractivity contribution >= 4 is 11.6 Å². The van der Waals surface area contributed by atoms with Gasteiger partial charge in [-0.2, -0.15) is 35.1 Å². The second-order valence-electron chi connectivity index (χ2n) is 4.74. The van der Waals surface area contributed by atoms with Gasteiger partial charge in [0.2, 0.25) is 5.78 Å². The average Bonchev–Trinajstić information content (AvgIpc) is 2.44. The summed E-state index contributed by atoms with van der Waals surface area (Å²) < 4.78 is 125. The lowest BCUT2D eigenvalue weighted by molar-refractivity contribution is -0.166. The van der Waals surface area contributed by atoms with Gasteiger partial charge in [-0.3, -0.25) is 9.59 Å². The molecule has 0 aliphatic rings. The molecule has 1 aromatic carbocycles. The molecule has 0 heterocycles. The zero-order valence-corrected chi connectivity index (χ0v) is 11.6. The third kappa shape index (κ3) is 4.92. The minimum atomic E-state index is -5.31. The summed E-state index contributed by atoms with van der Waals surface area (Å²) in [7, 11) is 0. The van der Waals surface area contributed by atoms with Crippen LogP contribution in [-0.4, -0.2) is 23.9 Å². The molecule has 0 aliphatic heterocycles. The Kier molecular flexibility index (Phi) is 5.55. The van der Waals surface area contributed by atoms with Crippen LogP contribution in [0.3, 0.4) is 0 Å². The minimum absolute atomic E-state index is 0.0919. The molecule has 0 amide bonds. The van der Waals surface area contributed by atoms with Crippen molar-refractivity contribution in [3.05, 3.63) is 34.9 Å². The van der Waals surface area contributed by atoms with Crippen LogP contribution in [0.5, 0.6) is 0 Å². The first-order valence-electron chi connectivity index (χ1n) is 6.08. The maximum absolute atomic E-state index is 12.7. The van der Waals surface area contributed by atoms with Gasteiger partial charge in [-0.05, 0) is 18.2 Å². The molecule has 0 radical (unpaired) electrons. The fraction of sp³-hybridized carbons (Fsp3) is 0.385. The van der Waals surface area contributed by atoms with Crippen LogP contribution in [0.25, 0.3) is 0 Å². The summed E-state index contributed by atoms with van der Waals surface area (Å²) in [6, 6.07) is -0.511. The Morgan fingerprint density at radius 2 is 1.20 bits per heavy atom. The standard InChI is InChI=1S/C13H6F10O2/c14-10(15)11(16,17)9(25)4-8(24)5-1-6(12(18,19)20)3-7(2-5)13(21,22)23/h1-3,10H,4H2. The van der Waals surface area contributed by atoms with Gasteiger partial charge in [0.1, 0.15) is 0 Å². The van der Waals surface area contributed by atoms with E-state index >= 15 is 0 Å². The van der Waals surface area contributed by atoms with E-state index in [9.17, 15) is 53.5 Å². The van der Waals surface area contributed by atoms with Gasteiger partial charge >= 0.3 is 24.7 Å². The number of Topliss-reactive ketones (excluding diaryl/α,β-unsaturated/α-hetero) is 2. The van der Waals surface area contributed by atoms with E-state index in [1.807, 2.05) is 0 Å². The highest BCUT2D eigenvalue weighted by molar-refractivity contribution is 6.10. The topological polar surface area (TPSA) is 34.1 Å². The number of benzene rings is 1. The summed E-state index contributed by atoms with van der Waals surface area (Å²) >= 11 is 0. The van der Waals surface area contributed by atoms with Gasteiger partial charge in [0, 0.05) is 5.56 Å². The molecule has 0 saturated heterocycles. The highest BCUT2D eigenvalue weighted by atomic mass is 19.4. The SMILES string of the molecule is O=C(CC(=O)C(F)(F)C(F)F)c1cc(C(F)(F)F)cc(C(F)(F)F)c1. The summed E-state index contributed by atoms with van der Waals surface area (Å²) in [5.41, 5.74) is -5.20. The Bertz CT molecular complexity index is 640. The number of carbonyl (C=O) groups excluding carboxylic acids is 2. The number of hydrogen-bond acceptors (Lipinski definition) is 2. The van der Waals surface area contributed by atoms with Crippen LogP contribution in [0, 0.1) is 0 Å². The Hall–Kier alpha value is -2.14. The van der Waals surface area contributed by atoms with Crippen LogP contribution in [0.2, 0.25) is 0 Å². The number of halogens is 10. The molecule has 0 unspecified atom stereocenters. The molecule has 0 bridgehead atoms. The van der Waals surface area contributed by atoms with Crippen molar-refractivity contribution in [1.82, 2.24) is 0 Å². The first-order chi connectivity index (χ1) is 11.1.